The number of nitrogens with one attached hydrogen (secondary N) is 2. The van der Waals surface area contributed by atoms with Crippen LogP contribution in [0.4, 0.5) is 11.4 Å². The van der Waals surface area contributed by atoms with Gasteiger partial charge in [0.15, 0.2) is 22.9 Å². The summed E-state index contributed by atoms with van der Waals surface area (Å²) < 4.78 is 6.16. The van der Waals surface area contributed by atoms with Gasteiger partial charge in [-0.15, -0.1) is 0 Å². The fraction of sp³-hybridized carbons (Fsp3) is 0.411. The zero-order valence-corrected chi connectivity index (χ0v) is 56.4. The van der Waals surface area contributed by atoms with Crippen molar-refractivity contribution < 1.29 is 14.7 Å². The fourth-order valence-electron chi connectivity index (χ4n) is 8.95. The Balaban J connectivity index is 0.00000108. The normalized spacial score (nSPS) is 13.6. The summed E-state index contributed by atoms with van der Waals surface area (Å²) in [5, 5.41) is 17.7. The van der Waals surface area contributed by atoms with Crippen LogP contribution in [0, 0.1) is 48.5 Å². The van der Waals surface area contributed by atoms with Crippen LogP contribution in [0.5, 0.6) is 0 Å². The van der Waals surface area contributed by atoms with Crippen LogP contribution in [0.25, 0.3) is 23.0 Å². The predicted molar refractivity (Wildman–Crippen MR) is 365 cm³/mol. The maximum atomic E-state index is 12.5. The van der Waals surface area contributed by atoms with Gasteiger partial charge in [-0.1, -0.05) is 222 Å². The van der Waals surface area contributed by atoms with Crippen molar-refractivity contribution in [2.45, 2.75) is 204 Å². The molecule has 0 fully saturated rings. The Kier molecular flexibility index (Phi) is 37.6. The van der Waals surface area contributed by atoms with Crippen molar-refractivity contribution in [3.63, 3.8) is 0 Å². The predicted octanol–water partition coefficient (Wildman–Crippen LogP) is 20.6. The van der Waals surface area contributed by atoms with Gasteiger partial charge in [0.1, 0.15) is 5.65 Å². The van der Waals surface area contributed by atoms with Crippen LogP contribution < -0.4 is 10.6 Å². The number of aryl methyl sites for hydroxylation is 7. The average molecular weight is 1150 g/mol. The number of carbonyl (C=O) groups excluding carboxylic acids is 2. The van der Waals surface area contributed by atoms with Gasteiger partial charge in [-0.25, -0.2) is 15.0 Å². The van der Waals surface area contributed by atoms with Gasteiger partial charge in [0, 0.05) is 70.8 Å². The summed E-state index contributed by atoms with van der Waals surface area (Å²) >= 11 is 0. The number of anilines is 2. The maximum Gasteiger partial charge on any atom is 0.186 e. The molecule has 11 heteroatoms. The molecule has 0 bridgehead atoms. The van der Waals surface area contributed by atoms with Gasteiger partial charge in [-0.2, -0.15) is 0 Å². The number of allylic oxidation sites excluding steroid dienone is 1. The first-order valence-electron chi connectivity index (χ1n) is 31.4. The number of nitrogens with zero attached hydrogens (tertiary/aromatic N) is 6. The Morgan fingerprint density at radius 2 is 0.869 bits per heavy atom. The third-order valence-corrected chi connectivity index (χ3v) is 13.1. The van der Waals surface area contributed by atoms with Crippen LogP contribution in [0.3, 0.4) is 0 Å². The maximum absolute atomic E-state index is 12.5. The van der Waals surface area contributed by atoms with E-state index in [-0.39, 0.29) is 23.7 Å². The number of hydrogen-bond acceptors (Lipinski definition) is 8. The molecule has 0 aliphatic carbocycles. The van der Waals surface area contributed by atoms with E-state index < -0.39 is 6.10 Å². The van der Waals surface area contributed by atoms with Gasteiger partial charge < -0.3 is 28.9 Å². The van der Waals surface area contributed by atoms with Crippen molar-refractivity contribution in [2.24, 2.45) is 0 Å². The lowest BCUT2D eigenvalue weighted by Crippen LogP contribution is -2.23. The highest BCUT2D eigenvalue weighted by Gasteiger charge is 2.30. The van der Waals surface area contributed by atoms with Gasteiger partial charge >= 0.3 is 0 Å². The Bertz CT molecular complexity index is 3300. The summed E-state index contributed by atoms with van der Waals surface area (Å²) in [6.45, 7) is 50.1. The van der Waals surface area contributed by atoms with E-state index in [1.807, 2.05) is 285 Å². The molecule has 458 valence electrons. The molecule has 11 nitrogen and oxygen atoms in total. The molecule has 3 unspecified atom stereocenters. The monoisotopic (exact) mass is 1140 g/mol. The second kappa shape index (κ2) is 41.4. The molecule has 9 aromatic rings. The first-order valence-corrected chi connectivity index (χ1v) is 31.4. The van der Waals surface area contributed by atoms with Gasteiger partial charge in [0.25, 0.3) is 0 Å². The van der Waals surface area contributed by atoms with E-state index in [1.54, 1.807) is 6.08 Å². The Labute approximate surface area is 508 Å². The number of aliphatic hydroxyl groups is 1. The summed E-state index contributed by atoms with van der Waals surface area (Å²) in [6, 6.07) is 36.0. The Morgan fingerprint density at radius 1 is 0.488 bits per heavy atom. The summed E-state index contributed by atoms with van der Waals surface area (Å²) in [7, 11) is 0. The minimum Gasteiger partial charge on any atom is -0.388 e. The number of fused-ring (bicyclic) bond motifs is 7. The molecule has 84 heavy (non-hydrogen) atoms. The van der Waals surface area contributed by atoms with Crippen LogP contribution in [-0.2, 0) is 0 Å². The van der Waals surface area contributed by atoms with E-state index in [1.165, 1.54) is 5.56 Å². The molecular formula is C73H108N8O3. The second-order valence-corrected chi connectivity index (χ2v) is 17.2. The van der Waals surface area contributed by atoms with E-state index in [0.29, 0.717) is 18.4 Å². The number of carbonyl (C=O) groups is 2. The molecule has 3 N–H and O–H groups in total. The lowest BCUT2D eigenvalue weighted by atomic mass is 9.92. The minimum absolute atomic E-state index is 0.00200. The lowest BCUT2D eigenvalue weighted by Gasteiger charge is -2.31. The number of hydrogen-bond donors (Lipinski definition) is 3. The van der Waals surface area contributed by atoms with Crippen LogP contribution in [-0.4, -0.2) is 44.8 Å². The van der Waals surface area contributed by atoms with Gasteiger partial charge in [-0.3, -0.25) is 9.59 Å². The van der Waals surface area contributed by atoms with Crippen LogP contribution in [0.1, 0.15) is 238 Å². The number of ketones is 2. The highest BCUT2D eigenvalue weighted by atomic mass is 16.3. The lowest BCUT2D eigenvalue weighted by molar-refractivity contribution is 0.0971. The third-order valence-electron chi connectivity index (χ3n) is 13.1. The number of rotatable bonds is 5. The summed E-state index contributed by atoms with van der Waals surface area (Å²) in [5.41, 5.74) is 17.4. The molecule has 0 radical (unpaired) electrons. The molecule has 2 aliphatic rings. The van der Waals surface area contributed by atoms with Crippen molar-refractivity contribution in [3.8, 4) is 0 Å². The number of benzene rings is 3. The van der Waals surface area contributed by atoms with E-state index >= 15 is 0 Å². The first-order chi connectivity index (χ1) is 40.9. The number of aromatic nitrogens is 6. The molecule has 0 saturated heterocycles. The molecule has 11 rings (SSSR count). The zero-order valence-electron chi connectivity index (χ0n) is 56.4. The zero-order chi connectivity index (χ0) is 64.2. The second-order valence-electron chi connectivity index (χ2n) is 17.2. The Hall–Kier alpha value is -7.63. The number of Topliss-reactive ketones (excluding diaryl/α,β-unsaturated/α-hetero) is 1. The molecule has 0 amide bonds. The number of aliphatic hydroxyl groups excluding tert-OH is 1. The average Bonchev–Trinajstić information content (AvgIpc) is 2.92. The molecule has 3 aromatic carbocycles. The molecule has 8 heterocycles. The molecule has 3 atom stereocenters. The molecule has 0 spiro atoms. The van der Waals surface area contributed by atoms with Crippen molar-refractivity contribution in [2.75, 3.05) is 10.6 Å². The topological polar surface area (TPSA) is 130 Å². The highest BCUT2D eigenvalue weighted by molar-refractivity contribution is 6.08. The third kappa shape index (κ3) is 19.2. The molecule has 0 saturated carbocycles. The van der Waals surface area contributed by atoms with Crippen LogP contribution in [0.15, 0.2) is 134 Å². The largest absolute Gasteiger partial charge is 0.388 e. The molecular weight excluding hydrogens is 1040 g/mol. The van der Waals surface area contributed by atoms with E-state index in [2.05, 4.69) is 61.2 Å². The van der Waals surface area contributed by atoms with Gasteiger partial charge in [-0.05, 0) is 89.4 Å². The quantitative estimate of drug-likeness (QED) is 0.115. The fourth-order valence-corrected chi connectivity index (χ4v) is 8.95. The summed E-state index contributed by atoms with van der Waals surface area (Å²) in [5.74, 6) is 0.172. The first kappa shape index (κ1) is 76.4. The summed E-state index contributed by atoms with van der Waals surface area (Å²) in [4.78, 5) is 38.9. The van der Waals surface area contributed by atoms with E-state index in [9.17, 15) is 14.7 Å². The summed E-state index contributed by atoms with van der Waals surface area (Å²) in [6.07, 6.45) is 10.00. The van der Waals surface area contributed by atoms with E-state index in [0.717, 1.165) is 90.3 Å². The van der Waals surface area contributed by atoms with Gasteiger partial charge in [0.05, 0.1) is 46.6 Å². The molecule has 2 aliphatic heterocycles. The van der Waals surface area contributed by atoms with Crippen LogP contribution >= 0.6 is 0 Å². The highest BCUT2D eigenvalue weighted by Crippen LogP contribution is 2.41. The standard InChI is InChI=1S/C19H18N2O.C18H19N3O.C18H17N3O.9C2H6/c1-13-17(11-12-21-15(3)14(2)20-19(13)21)18(22)10-9-16-7-5-4-6-8-16;2*1-11-12(2)21-9-8-14-16(22)10-15(13-6-4-3-5-7-13)20-17(14)18(21)19-11;9*1-2/h4-12H,1-3H3;3-9,15-16,20,22H,10H2,1-2H3;3-9,15,20H,10H2,1-2H3;9*1-2H3/b10-9+;;;;;;;;;;;. The van der Waals surface area contributed by atoms with Crippen molar-refractivity contribution in [1.82, 2.24) is 28.2 Å². The van der Waals surface area contributed by atoms with Crippen molar-refractivity contribution in [1.29, 1.82) is 0 Å². The molecule has 6 aromatic heterocycles. The number of imidazole rings is 3. The smallest absolute Gasteiger partial charge is 0.186 e. The van der Waals surface area contributed by atoms with Crippen LogP contribution in [0.2, 0.25) is 0 Å². The SMILES string of the molecule is CC.CC.CC.CC.CC.CC.CC.CC.CC.Cc1nc2c(C)c(C(=O)/C=C/c3ccccc3)ccn2c1C.Cc1nc2c3c(ccn2c1C)C(=O)CC(c1ccccc1)N3.Cc1nc2c3c(ccn2c1C)C(O)CC(c1ccccc1)N3. The minimum atomic E-state index is -0.469. The number of pyridine rings is 3. The Morgan fingerprint density at radius 3 is 1.35 bits per heavy atom. The van der Waals surface area contributed by atoms with Gasteiger partial charge in [0.2, 0.25) is 0 Å². The van der Waals surface area contributed by atoms with E-state index in [4.69, 9.17) is 0 Å². The van der Waals surface area contributed by atoms with Crippen molar-refractivity contribution in [3.05, 3.63) is 207 Å². The van der Waals surface area contributed by atoms with Crippen molar-refractivity contribution >= 4 is 46.0 Å².